The molecular formula is C78H95F3N10O13S. The minimum absolute atomic E-state index is 0.0482. The van der Waals surface area contributed by atoms with Crippen molar-refractivity contribution in [1.29, 1.82) is 0 Å². The number of pyridine rings is 1. The number of primary amides is 1. The molecule has 8 rings (SSSR count). The molecule has 23 nitrogen and oxygen atoms in total. The number of nitrogens with zero attached hydrogens (tertiary/aromatic N) is 3. The van der Waals surface area contributed by atoms with Crippen molar-refractivity contribution in [3.63, 3.8) is 0 Å². The van der Waals surface area contributed by atoms with Crippen molar-refractivity contribution >= 4 is 80.0 Å². The van der Waals surface area contributed by atoms with Crippen LogP contribution in [0.3, 0.4) is 0 Å². The fourth-order valence-electron chi connectivity index (χ4n) is 11.8. The van der Waals surface area contributed by atoms with Gasteiger partial charge in [0.1, 0.15) is 30.2 Å². The lowest BCUT2D eigenvalue weighted by Crippen LogP contribution is -2.54. The first-order valence-electron chi connectivity index (χ1n) is 35.3. The molecule has 8 amide bonds. The van der Waals surface area contributed by atoms with Crippen LogP contribution in [0.25, 0.3) is 22.0 Å². The summed E-state index contributed by atoms with van der Waals surface area (Å²) in [6, 6.07) is 38.8. The van der Waals surface area contributed by atoms with E-state index >= 15 is 0 Å². The number of halogens is 3. The zero-order chi connectivity index (χ0) is 75.1. The fraction of sp³-hybridized carbons (Fsp3) is 0.397. The minimum atomic E-state index is -4.57. The molecule has 1 aliphatic heterocycles. The summed E-state index contributed by atoms with van der Waals surface area (Å²) in [6.45, 7) is 11.0. The highest BCUT2D eigenvalue weighted by atomic mass is 32.2. The monoisotopic (exact) mass is 1470 g/mol. The molecule has 1 aliphatic rings. The van der Waals surface area contributed by atoms with E-state index in [2.05, 4.69) is 59.4 Å². The van der Waals surface area contributed by atoms with Gasteiger partial charge in [-0.05, 0) is 151 Å². The number of rotatable bonds is 39. The summed E-state index contributed by atoms with van der Waals surface area (Å²) in [5, 5.41) is 18.9. The van der Waals surface area contributed by atoms with Gasteiger partial charge in [0.15, 0.2) is 0 Å². The molecule has 0 fully saturated rings. The van der Waals surface area contributed by atoms with Gasteiger partial charge >= 0.3 is 18.3 Å². The number of carbonyl (C=O) groups is 7. The molecule has 1 aromatic heterocycles. The number of aryl methyl sites for hydroxylation is 3. The number of likely N-dealkylation sites (N-methyl/N-ethyl adjacent to an activating group) is 1. The first-order chi connectivity index (χ1) is 50.7. The predicted octanol–water partition coefficient (Wildman–Crippen LogP) is 11.2. The van der Waals surface area contributed by atoms with E-state index in [-0.39, 0.29) is 101 Å². The quantitative estimate of drug-likeness (QED) is 0.0139. The van der Waals surface area contributed by atoms with E-state index in [1.165, 1.54) is 17.8 Å². The van der Waals surface area contributed by atoms with Crippen LogP contribution in [0.4, 0.5) is 34.1 Å². The van der Waals surface area contributed by atoms with E-state index in [1.807, 2.05) is 93.0 Å². The number of anilines is 2. The lowest BCUT2D eigenvalue weighted by atomic mass is 9.93. The summed E-state index contributed by atoms with van der Waals surface area (Å²) >= 11 is 0. The SMILES string of the molecule is C/C=S(/c1cccc(Oc2cccc(-c3c(CC)cnc4c(C(F)(F)F)cccc34)c2)c1)N(C)CCNC(=O)OCc1ccc(NC(=O)[C@H](CCCNC(N)=O)NC(=O)[C@@H](NC(=O)CCOCCOCCOCCOCCNC(=O)CCC(=O)N2Cc3ccccc3CCc3ccccc32)C(C)C)cc1. The topological polar surface area (TPSA) is 292 Å². The number of benzene rings is 6. The molecule has 27 heteroatoms. The Balaban J connectivity index is 0.681. The van der Waals surface area contributed by atoms with Crippen molar-refractivity contribution < 1.29 is 75.2 Å². The summed E-state index contributed by atoms with van der Waals surface area (Å²) in [4.78, 5) is 98.0. The first-order valence-corrected chi connectivity index (χ1v) is 36.5. The summed E-state index contributed by atoms with van der Waals surface area (Å²) in [5.74, 6) is -1.23. The molecule has 1 unspecified atom stereocenters. The second kappa shape index (κ2) is 41.7. The molecule has 0 radical (unpaired) electrons. The lowest BCUT2D eigenvalue weighted by Gasteiger charge is -2.29. The largest absolute Gasteiger partial charge is 0.457 e. The molecule has 0 aliphatic carbocycles. The number of nitrogens with two attached hydrogens (primary N) is 1. The second-order valence-electron chi connectivity index (χ2n) is 25.1. The average molecular weight is 1470 g/mol. The molecule has 8 N–H and O–H groups in total. The van der Waals surface area contributed by atoms with Gasteiger partial charge in [-0.15, -0.1) is 0 Å². The number of hydrogen-bond acceptors (Lipinski definition) is 15. The highest BCUT2D eigenvalue weighted by Gasteiger charge is 2.34. The van der Waals surface area contributed by atoms with Crippen LogP contribution in [0.15, 0.2) is 151 Å². The Hall–Kier alpha value is -9.77. The Morgan fingerprint density at radius 1 is 0.676 bits per heavy atom. The maximum atomic E-state index is 14.0. The smallest absolute Gasteiger partial charge is 0.418 e. The van der Waals surface area contributed by atoms with Crippen molar-refractivity contribution in [1.82, 2.24) is 35.9 Å². The van der Waals surface area contributed by atoms with Crippen LogP contribution in [0, 0.1) is 5.92 Å². The number of carbonyl (C=O) groups excluding carboxylic acids is 7. The van der Waals surface area contributed by atoms with E-state index in [0.29, 0.717) is 91.7 Å². The molecule has 0 saturated heterocycles. The van der Waals surface area contributed by atoms with Crippen LogP contribution < -0.4 is 47.3 Å². The van der Waals surface area contributed by atoms with Gasteiger partial charge < -0.3 is 71.0 Å². The molecule has 3 atom stereocenters. The van der Waals surface area contributed by atoms with Crippen molar-refractivity contribution in [3.8, 4) is 22.6 Å². The molecular weight excluding hydrogens is 1370 g/mol. The van der Waals surface area contributed by atoms with Gasteiger partial charge in [-0.3, -0.25) is 33.3 Å². The van der Waals surface area contributed by atoms with Gasteiger partial charge in [-0.25, -0.2) is 9.59 Å². The van der Waals surface area contributed by atoms with Crippen molar-refractivity contribution in [2.24, 2.45) is 11.7 Å². The van der Waals surface area contributed by atoms with Crippen molar-refractivity contribution in [2.75, 3.05) is 96.3 Å². The average Bonchev–Trinajstić information content (AvgIpc) is 0.764. The third kappa shape index (κ3) is 25.5. The standard InChI is InChI=1S/C78H95F3N10O13S/c1-6-55-50-86-73-64(23-14-24-65(73)78(79,80)81)71(55)58-19-12-20-61(48-58)104-62-21-13-22-63(49-62)105(7-2)90(5)39-37-85-77(98)103-52-54-27-31-60(32-28-54)87-74(95)66(25-15-36-84-76(82)97)88-75(96)72(53(3)4)89-69(93)35-40-99-42-44-101-46-47-102-45-43-100-41-38-83-68(92)33-34-70(94)91-51-59-18-9-8-16-56(59)29-30-57-17-10-11-26-67(57)91/h7-14,16-24,26-28,31-32,48-50,53,66,72H,6,15,25,29-30,33-47,51-52H2,1-5H3,(H,83,92)(H,85,98)(H,87,95)(H,88,96)(H,89,93)(H3,82,84,97)/t66-,72-,105?/m0/s1. The third-order valence-electron chi connectivity index (χ3n) is 17.2. The van der Waals surface area contributed by atoms with Crippen molar-refractivity contribution in [3.05, 3.63) is 179 Å². The number of amides is 8. The van der Waals surface area contributed by atoms with Crippen LogP contribution in [-0.2, 0) is 86.2 Å². The molecule has 0 saturated carbocycles. The van der Waals surface area contributed by atoms with Gasteiger partial charge in [0.05, 0.1) is 70.5 Å². The highest BCUT2D eigenvalue weighted by molar-refractivity contribution is 8.13. The summed E-state index contributed by atoms with van der Waals surface area (Å²) in [5.41, 5.74) is 11.9. The number of para-hydroxylation sites is 2. The number of ether oxygens (including phenoxy) is 6. The fourth-order valence-corrected chi connectivity index (χ4v) is 13.5. The lowest BCUT2D eigenvalue weighted by molar-refractivity contribution is -0.136. The van der Waals surface area contributed by atoms with E-state index in [0.717, 1.165) is 46.2 Å². The van der Waals surface area contributed by atoms with Crippen molar-refractivity contribution in [2.45, 2.75) is 115 Å². The summed E-state index contributed by atoms with van der Waals surface area (Å²) in [6.07, 6.45) is -0.924. The van der Waals surface area contributed by atoms with E-state index in [4.69, 9.17) is 34.2 Å². The summed E-state index contributed by atoms with van der Waals surface area (Å²) < 4.78 is 78.3. The minimum Gasteiger partial charge on any atom is -0.457 e. The Kier molecular flexibility index (Phi) is 32.1. The summed E-state index contributed by atoms with van der Waals surface area (Å²) in [7, 11) is 1.41. The van der Waals surface area contributed by atoms with Gasteiger partial charge in [-0.2, -0.15) is 13.2 Å². The van der Waals surface area contributed by atoms with Crippen LogP contribution in [0.2, 0.25) is 0 Å². The highest BCUT2D eigenvalue weighted by Crippen LogP contribution is 2.41. The Labute approximate surface area is 613 Å². The van der Waals surface area contributed by atoms with E-state index in [9.17, 15) is 46.7 Å². The van der Waals surface area contributed by atoms with Gasteiger partial charge in [-0.1, -0.05) is 116 Å². The van der Waals surface area contributed by atoms with Gasteiger partial charge in [0.25, 0.3) is 0 Å². The number of nitrogens with one attached hydrogen (secondary N) is 6. The van der Waals surface area contributed by atoms with Crippen LogP contribution >= 0.6 is 10.7 Å². The normalized spacial score (nSPS) is 13.0. The maximum Gasteiger partial charge on any atom is 0.418 e. The number of alkyl carbamates (subject to hydrolysis) is 1. The Bertz CT molecular complexity index is 4090. The number of aromatic nitrogens is 1. The zero-order valence-corrected chi connectivity index (χ0v) is 60.8. The van der Waals surface area contributed by atoms with Crippen LogP contribution in [0.1, 0.15) is 93.2 Å². The second-order valence-corrected chi connectivity index (χ2v) is 27.3. The van der Waals surface area contributed by atoms with Gasteiger partial charge in [0.2, 0.25) is 29.5 Å². The molecule has 2 heterocycles. The number of alkyl halides is 3. The molecule has 6 aromatic carbocycles. The van der Waals surface area contributed by atoms with E-state index < -0.39 is 64.3 Å². The first kappa shape index (κ1) is 80.9. The maximum absolute atomic E-state index is 14.0. The molecule has 0 spiro atoms. The number of urea groups is 1. The Morgan fingerprint density at radius 2 is 1.33 bits per heavy atom. The molecule has 0 bridgehead atoms. The zero-order valence-electron chi connectivity index (χ0n) is 60.0. The van der Waals surface area contributed by atoms with Gasteiger partial charge in [0, 0.05) is 73.3 Å². The van der Waals surface area contributed by atoms with E-state index in [1.54, 1.807) is 61.2 Å². The third-order valence-corrected chi connectivity index (χ3v) is 19.2. The van der Waals surface area contributed by atoms with Crippen LogP contribution in [0.5, 0.6) is 11.5 Å². The number of hydrogen-bond donors (Lipinski definition) is 7. The molecule has 7 aromatic rings. The van der Waals surface area contributed by atoms with Crippen LogP contribution in [-0.4, -0.2) is 154 Å². The Morgan fingerprint density at radius 3 is 2.03 bits per heavy atom. The predicted molar refractivity (Wildman–Crippen MR) is 399 cm³/mol. The molecule has 105 heavy (non-hydrogen) atoms. The molecule has 562 valence electrons. The number of fused-ring (bicyclic) bond motifs is 3.